The number of hydrogen-bond donors (Lipinski definition) is 1. The van der Waals surface area contributed by atoms with E-state index in [1.165, 1.54) is 24.4 Å². The Bertz CT molecular complexity index is 353. The minimum absolute atomic E-state index is 0.756. The van der Waals surface area contributed by atoms with Crippen molar-refractivity contribution in [2.24, 2.45) is 0 Å². The number of benzene rings is 1. The smallest absolute Gasteiger partial charge is 0.0392 e. The molecule has 0 aliphatic carbocycles. The van der Waals surface area contributed by atoms with Gasteiger partial charge in [-0.3, -0.25) is 0 Å². The first-order chi connectivity index (χ1) is 6.83. The number of hydrogen-bond acceptors (Lipinski definition) is 3. The first-order valence-corrected chi connectivity index (χ1v) is 6.11. The van der Waals surface area contributed by atoms with Gasteiger partial charge in [0.05, 0.1) is 0 Å². The van der Waals surface area contributed by atoms with Crippen LogP contribution < -0.4 is 10.6 Å². The van der Waals surface area contributed by atoms with E-state index in [9.17, 15) is 0 Å². The van der Waals surface area contributed by atoms with Crippen molar-refractivity contribution < 1.29 is 0 Å². The number of nitrogens with zero attached hydrogens (tertiary/aromatic N) is 1. The van der Waals surface area contributed by atoms with Crippen molar-refractivity contribution in [3.8, 4) is 0 Å². The predicted molar refractivity (Wildman–Crippen MR) is 62.9 cm³/mol. The molecule has 2 fully saturated rings. The van der Waals surface area contributed by atoms with Crippen molar-refractivity contribution >= 4 is 23.1 Å². The van der Waals surface area contributed by atoms with Crippen LogP contribution in [0.2, 0.25) is 0 Å². The Hall–Kier alpha value is -0.830. The van der Waals surface area contributed by atoms with E-state index >= 15 is 0 Å². The van der Waals surface area contributed by atoms with E-state index in [2.05, 4.69) is 28.8 Å². The number of thioether (sulfide) groups is 1. The first-order valence-electron chi connectivity index (χ1n) is 5.07. The summed E-state index contributed by atoms with van der Waals surface area (Å²) in [6.45, 7) is 1.21. The molecule has 1 aromatic carbocycles. The van der Waals surface area contributed by atoms with Gasteiger partial charge in [-0.05, 0) is 24.6 Å². The number of fused-ring (bicyclic) bond motifs is 2. The normalized spacial score (nSPS) is 29.9. The van der Waals surface area contributed by atoms with Crippen molar-refractivity contribution in [2.45, 2.75) is 17.7 Å². The van der Waals surface area contributed by atoms with Crippen LogP contribution in [0.4, 0.5) is 11.4 Å². The van der Waals surface area contributed by atoms with Gasteiger partial charge in [0.15, 0.2) is 0 Å². The van der Waals surface area contributed by atoms with Crippen LogP contribution in [0.3, 0.4) is 0 Å². The molecule has 2 aliphatic rings. The van der Waals surface area contributed by atoms with E-state index < -0.39 is 0 Å². The summed E-state index contributed by atoms with van der Waals surface area (Å²) in [5.41, 5.74) is 7.97. The molecule has 2 aliphatic heterocycles. The summed E-state index contributed by atoms with van der Waals surface area (Å²) >= 11 is 2.12. The molecule has 1 aromatic rings. The van der Waals surface area contributed by atoms with Gasteiger partial charge >= 0.3 is 0 Å². The van der Waals surface area contributed by atoms with Gasteiger partial charge in [0.2, 0.25) is 0 Å². The van der Waals surface area contributed by atoms with E-state index in [1.807, 2.05) is 12.1 Å². The minimum atomic E-state index is 0.756. The third kappa shape index (κ3) is 1.27. The molecule has 3 rings (SSSR count). The van der Waals surface area contributed by atoms with Crippen LogP contribution >= 0.6 is 11.8 Å². The molecular weight excluding hydrogens is 192 g/mol. The molecule has 0 amide bonds. The van der Waals surface area contributed by atoms with Gasteiger partial charge in [-0.2, -0.15) is 11.8 Å². The lowest BCUT2D eigenvalue weighted by Crippen LogP contribution is -2.33. The summed E-state index contributed by atoms with van der Waals surface area (Å²) in [4.78, 5) is 2.51. The van der Waals surface area contributed by atoms with Gasteiger partial charge in [-0.1, -0.05) is 6.07 Å². The second-order valence-electron chi connectivity index (χ2n) is 4.09. The van der Waals surface area contributed by atoms with Crippen molar-refractivity contribution in [3.63, 3.8) is 0 Å². The quantitative estimate of drug-likeness (QED) is 0.712. The minimum Gasteiger partial charge on any atom is -0.399 e. The fourth-order valence-corrected chi connectivity index (χ4v) is 3.85. The van der Waals surface area contributed by atoms with E-state index in [-0.39, 0.29) is 0 Å². The monoisotopic (exact) mass is 206 g/mol. The number of nitrogens with two attached hydrogens (primary N) is 1. The molecule has 2 atom stereocenters. The zero-order chi connectivity index (χ0) is 9.54. The molecule has 2 bridgehead atoms. The maximum absolute atomic E-state index is 5.79. The number of anilines is 2. The van der Waals surface area contributed by atoms with Crippen LogP contribution in [0.5, 0.6) is 0 Å². The van der Waals surface area contributed by atoms with Gasteiger partial charge in [0.25, 0.3) is 0 Å². The van der Waals surface area contributed by atoms with Crippen LogP contribution in [0.25, 0.3) is 0 Å². The summed E-state index contributed by atoms with van der Waals surface area (Å²) in [6, 6.07) is 9.01. The maximum Gasteiger partial charge on any atom is 0.0392 e. The Kier molecular flexibility index (Phi) is 1.87. The van der Waals surface area contributed by atoms with Crippen molar-refractivity contribution in [1.29, 1.82) is 0 Å². The average molecular weight is 206 g/mol. The van der Waals surface area contributed by atoms with Gasteiger partial charge in [0, 0.05) is 35.0 Å². The third-order valence-electron chi connectivity index (χ3n) is 3.10. The van der Waals surface area contributed by atoms with Gasteiger partial charge in [0.1, 0.15) is 0 Å². The molecule has 0 saturated carbocycles. The molecule has 0 radical (unpaired) electrons. The summed E-state index contributed by atoms with van der Waals surface area (Å²) in [5.74, 6) is 1.29. The molecule has 0 aromatic heterocycles. The second kappa shape index (κ2) is 3.09. The largest absolute Gasteiger partial charge is 0.399 e. The lowest BCUT2D eigenvalue weighted by molar-refractivity contribution is 0.763. The van der Waals surface area contributed by atoms with Crippen LogP contribution in [0, 0.1) is 0 Å². The van der Waals surface area contributed by atoms with Gasteiger partial charge in [-0.25, -0.2) is 0 Å². The van der Waals surface area contributed by atoms with Crippen molar-refractivity contribution in [3.05, 3.63) is 24.3 Å². The number of nitrogen functional groups attached to an aromatic ring is 1. The van der Waals surface area contributed by atoms with E-state index in [0.717, 1.165) is 17.0 Å². The van der Waals surface area contributed by atoms with Gasteiger partial charge in [-0.15, -0.1) is 0 Å². The van der Waals surface area contributed by atoms with Gasteiger partial charge < -0.3 is 10.6 Å². The summed E-state index contributed by atoms with van der Waals surface area (Å²) in [6.07, 6.45) is 1.36. The Balaban J connectivity index is 1.89. The molecule has 2 nitrogen and oxygen atoms in total. The molecule has 3 heteroatoms. The molecule has 2 unspecified atom stereocenters. The Morgan fingerprint density at radius 1 is 1.43 bits per heavy atom. The zero-order valence-corrected chi connectivity index (χ0v) is 8.83. The highest BCUT2D eigenvalue weighted by atomic mass is 32.2. The highest BCUT2D eigenvalue weighted by Crippen LogP contribution is 2.40. The van der Waals surface area contributed by atoms with E-state index in [0.29, 0.717) is 0 Å². The van der Waals surface area contributed by atoms with E-state index in [1.54, 1.807) is 0 Å². The molecule has 0 spiro atoms. The van der Waals surface area contributed by atoms with Crippen LogP contribution in [-0.2, 0) is 0 Å². The van der Waals surface area contributed by atoms with Crippen molar-refractivity contribution in [2.75, 3.05) is 22.9 Å². The molecular formula is C11H14N2S. The standard InChI is InChI=1S/C11H14N2S/c12-8-2-1-3-9(4-8)13-6-11-5-10(13)7-14-11/h1-4,10-11H,5-7,12H2. The average Bonchev–Trinajstić information content (AvgIpc) is 2.78. The maximum atomic E-state index is 5.79. The fraction of sp³-hybridized carbons (Fsp3) is 0.455. The van der Waals surface area contributed by atoms with E-state index in [4.69, 9.17) is 5.73 Å². The molecule has 2 saturated heterocycles. The Labute approximate surface area is 88.5 Å². The zero-order valence-electron chi connectivity index (χ0n) is 8.02. The Morgan fingerprint density at radius 3 is 3.00 bits per heavy atom. The second-order valence-corrected chi connectivity index (χ2v) is 5.43. The summed E-state index contributed by atoms with van der Waals surface area (Å²) in [7, 11) is 0. The lowest BCUT2D eigenvalue weighted by atomic mass is 10.2. The molecule has 74 valence electrons. The molecule has 2 N–H and O–H groups in total. The van der Waals surface area contributed by atoms with Crippen LogP contribution in [0.15, 0.2) is 24.3 Å². The summed E-state index contributed by atoms with van der Waals surface area (Å²) in [5, 5.41) is 0.862. The fourth-order valence-electron chi connectivity index (χ4n) is 2.42. The van der Waals surface area contributed by atoms with Crippen molar-refractivity contribution in [1.82, 2.24) is 0 Å². The third-order valence-corrected chi connectivity index (χ3v) is 4.49. The Morgan fingerprint density at radius 2 is 2.36 bits per heavy atom. The highest BCUT2D eigenvalue weighted by molar-refractivity contribution is 8.00. The predicted octanol–water partition coefficient (Wildman–Crippen LogP) is 1.96. The lowest BCUT2D eigenvalue weighted by Gasteiger charge is -2.28. The highest BCUT2D eigenvalue weighted by Gasteiger charge is 2.38. The topological polar surface area (TPSA) is 29.3 Å². The molecule has 14 heavy (non-hydrogen) atoms. The summed E-state index contributed by atoms with van der Waals surface area (Å²) < 4.78 is 0. The molecule has 2 heterocycles. The number of rotatable bonds is 1. The SMILES string of the molecule is Nc1cccc(N2CC3CC2CS3)c1. The van der Waals surface area contributed by atoms with Crippen LogP contribution in [0.1, 0.15) is 6.42 Å². The first kappa shape index (κ1) is 8.48. The van der Waals surface area contributed by atoms with Crippen LogP contribution in [-0.4, -0.2) is 23.6 Å².